The Morgan fingerprint density at radius 2 is 2.29 bits per heavy atom. The zero-order chi connectivity index (χ0) is 12.1. The van der Waals surface area contributed by atoms with Crippen molar-refractivity contribution in [3.8, 4) is 0 Å². The number of ether oxygens (including phenoxy) is 1. The van der Waals surface area contributed by atoms with Gasteiger partial charge in [0.25, 0.3) is 0 Å². The van der Waals surface area contributed by atoms with Crippen LogP contribution in [0.15, 0.2) is 6.07 Å². The molecule has 5 heteroatoms. The highest BCUT2D eigenvalue weighted by molar-refractivity contribution is 6.29. The highest BCUT2D eigenvalue weighted by atomic mass is 35.5. The molecular formula is C12H18ClN3O. The molecule has 1 aliphatic carbocycles. The molecule has 1 fully saturated rings. The normalized spacial score (nSPS) is 14.9. The minimum absolute atomic E-state index is 0.484. The Bertz CT molecular complexity index is 369. The lowest BCUT2D eigenvalue weighted by Gasteiger charge is -2.07. The minimum atomic E-state index is 0.484. The van der Waals surface area contributed by atoms with Crippen molar-refractivity contribution in [3.05, 3.63) is 17.0 Å². The van der Waals surface area contributed by atoms with Crippen molar-refractivity contribution >= 4 is 17.4 Å². The Morgan fingerprint density at radius 1 is 1.47 bits per heavy atom. The number of nitrogens with one attached hydrogen (secondary N) is 1. The smallest absolute Gasteiger partial charge is 0.134 e. The Hall–Kier alpha value is -0.870. The molecule has 17 heavy (non-hydrogen) atoms. The maximum absolute atomic E-state index is 5.90. The summed E-state index contributed by atoms with van der Waals surface area (Å²) < 4.78 is 5.53. The quantitative estimate of drug-likeness (QED) is 0.601. The second-order valence-corrected chi connectivity index (χ2v) is 4.68. The fourth-order valence-electron chi connectivity index (χ4n) is 1.50. The van der Waals surface area contributed by atoms with Crippen LogP contribution in [0.2, 0.25) is 5.15 Å². The summed E-state index contributed by atoms with van der Waals surface area (Å²) in [6.07, 6.45) is 3.44. The summed E-state index contributed by atoms with van der Waals surface area (Å²) in [5, 5.41) is 3.68. The van der Waals surface area contributed by atoms with Crippen molar-refractivity contribution in [2.75, 3.05) is 25.1 Å². The van der Waals surface area contributed by atoms with Crippen LogP contribution in [0.3, 0.4) is 0 Å². The van der Waals surface area contributed by atoms with Crippen molar-refractivity contribution in [1.82, 2.24) is 9.97 Å². The van der Waals surface area contributed by atoms with Crippen molar-refractivity contribution in [2.45, 2.75) is 26.2 Å². The molecule has 94 valence electrons. The largest absolute Gasteiger partial charge is 0.379 e. The van der Waals surface area contributed by atoms with Gasteiger partial charge in [-0.25, -0.2) is 9.97 Å². The third kappa shape index (κ3) is 4.48. The first kappa shape index (κ1) is 12.6. The van der Waals surface area contributed by atoms with Crippen LogP contribution in [0, 0.1) is 5.92 Å². The van der Waals surface area contributed by atoms with Gasteiger partial charge in [0.1, 0.15) is 16.8 Å². The van der Waals surface area contributed by atoms with Crippen LogP contribution in [0.4, 0.5) is 5.82 Å². The Labute approximate surface area is 107 Å². The summed E-state index contributed by atoms with van der Waals surface area (Å²) in [5.74, 6) is 2.35. The van der Waals surface area contributed by atoms with E-state index in [4.69, 9.17) is 16.3 Å². The molecule has 0 amide bonds. The molecule has 0 bridgehead atoms. The third-order valence-corrected chi connectivity index (χ3v) is 2.85. The fraction of sp³-hybridized carbons (Fsp3) is 0.667. The van der Waals surface area contributed by atoms with E-state index in [-0.39, 0.29) is 0 Å². The summed E-state index contributed by atoms with van der Waals surface area (Å²) in [5.41, 5.74) is 0. The Kier molecular flexibility index (Phi) is 4.57. The Balaban J connectivity index is 1.71. The van der Waals surface area contributed by atoms with Crippen LogP contribution >= 0.6 is 11.6 Å². The van der Waals surface area contributed by atoms with Gasteiger partial charge in [-0.1, -0.05) is 18.5 Å². The highest BCUT2D eigenvalue weighted by Gasteiger charge is 2.20. The van der Waals surface area contributed by atoms with Crippen molar-refractivity contribution < 1.29 is 4.74 Å². The molecule has 0 aliphatic heterocycles. The average molecular weight is 256 g/mol. The van der Waals surface area contributed by atoms with E-state index in [0.717, 1.165) is 37.1 Å². The van der Waals surface area contributed by atoms with Crippen molar-refractivity contribution in [1.29, 1.82) is 0 Å². The van der Waals surface area contributed by atoms with Gasteiger partial charge in [-0.05, 0) is 18.8 Å². The van der Waals surface area contributed by atoms with Crippen LogP contribution in [0.25, 0.3) is 0 Å². The van der Waals surface area contributed by atoms with Gasteiger partial charge in [0, 0.05) is 25.6 Å². The predicted molar refractivity (Wildman–Crippen MR) is 68.5 cm³/mol. The van der Waals surface area contributed by atoms with E-state index in [2.05, 4.69) is 15.3 Å². The van der Waals surface area contributed by atoms with E-state index in [9.17, 15) is 0 Å². The number of aromatic nitrogens is 2. The predicted octanol–water partition coefficient (Wildman–Crippen LogP) is 2.53. The molecule has 1 aromatic rings. The van der Waals surface area contributed by atoms with E-state index in [1.807, 2.05) is 6.92 Å². The van der Waals surface area contributed by atoms with Gasteiger partial charge >= 0.3 is 0 Å². The van der Waals surface area contributed by atoms with Gasteiger partial charge in [0.2, 0.25) is 0 Å². The number of rotatable bonds is 7. The summed E-state index contributed by atoms with van der Waals surface area (Å²) in [4.78, 5) is 8.45. The summed E-state index contributed by atoms with van der Waals surface area (Å²) >= 11 is 5.90. The molecule has 2 rings (SSSR count). The maximum Gasteiger partial charge on any atom is 0.134 e. The second kappa shape index (κ2) is 6.17. The number of anilines is 1. The van der Waals surface area contributed by atoms with Crippen LogP contribution in [-0.4, -0.2) is 29.7 Å². The SMILES string of the molecule is CCc1nc(Cl)cc(NCCOCC2CC2)n1. The number of aryl methyl sites for hydroxylation is 1. The lowest BCUT2D eigenvalue weighted by molar-refractivity contribution is 0.134. The van der Waals surface area contributed by atoms with E-state index in [0.29, 0.717) is 11.8 Å². The maximum atomic E-state index is 5.90. The van der Waals surface area contributed by atoms with Gasteiger partial charge in [0.05, 0.1) is 6.61 Å². The molecule has 1 N–H and O–H groups in total. The fourth-order valence-corrected chi connectivity index (χ4v) is 1.70. The average Bonchev–Trinajstić information content (AvgIpc) is 3.12. The molecule has 0 aromatic carbocycles. The molecule has 0 saturated heterocycles. The first-order chi connectivity index (χ1) is 8.28. The number of hydrogen-bond acceptors (Lipinski definition) is 4. The summed E-state index contributed by atoms with van der Waals surface area (Å²) in [7, 11) is 0. The first-order valence-corrected chi connectivity index (χ1v) is 6.51. The van der Waals surface area contributed by atoms with Crippen molar-refractivity contribution in [2.24, 2.45) is 5.92 Å². The van der Waals surface area contributed by atoms with Crippen LogP contribution in [-0.2, 0) is 11.2 Å². The van der Waals surface area contributed by atoms with Gasteiger partial charge in [-0.15, -0.1) is 0 Å². The number of hydrogen-bond donors (Lipinski definition) is 1. The zero-order valence-corrected chi connectivity index (χ0v) is 10.8. The highest BCUT2D eigenvalue weighted by Crippen LogP contribution is 2.28. The van der Waals surface area contributed by atoms with Crippen LogP contribution < -0.4 is 5.32 Å². The van der Waals surface area contributed by atoms with E-state index < -0.39 is 0 Å². The lowest BCUT2D eigenvalue weighted by atomic mass is 10.4. The molecule has 4 nitrogen and oxygen atoms in total. The van der Waals surface area contributed by atoms with Gasteiger partial charge in [0.15, 0.2) is 0 Å². The van der Waals surface area contributed by atoms with Crippen LogP contribution in [0.1, 0.15) is 25.6 Å². The number of nitrogens with zero attached hydrogens (tertiary/aromatic N) is 2. The summed E-state index contributed by atoms with van der Waals surface area (Å²) in [6.45, 7) is 4.36. The second-order valence-electron chi connectivity index (χ2n) is 4.29. The molecule has 0 unspecified atom stereocenters. The topological polar surface area (TPSA) is 47.0 Å². The monoisotopic (exact) mass is 255 g/mol. The molecule has 1 aromatic heterocycles. The van der Waals surface area contributed by atoms with Gasteiger partial charge < -0.3 is 10.1 Å². The minimum Gasteiger partial charge on any atom is -0.379 e. The Morgan fingerprint density at radius 3 is 3.00 bits per heavy atom. The van der Waals surface area contributed by atoms with Gasteiger partial charge in [-0.2, -0.15) is 0 Å². The van der Waals surface area contributed by atoms with Gasteiger partial charge in [-0.3, -0.25) is 0 Å². The first-order valence-electron chi connectivity index (χ1n) is 6.13. The molecule has 0 atom stereocenters. The summed E-state index contributed by atoms with van der Waals surface area (Å²) in [6, 6.07) is 1.74. The molecule has 1 saturated carbocycles. The molecular weight excluding hydrogens is 238 g/mol. The standard InChI is InChI=1S/C12H18ClN3O/c1-2-11-15-10(13)7-12(16-11)14-5-6-17-8-9-3-4-9/h7,9H,2-6,8H2,1H3,(H,14,15,16). The molecule has 0 radical (unpaired) electrons. The zero-order valence-electron chi connectivity index (χ0n) is 10.1. The lowest BCUT2D eigenvalue weighted by Crippen LogP contribution is -2.12. The van der Waals surface area contributed by atoms with Crippen molar-refractivity contribution in [3.63, 3.8) is 0 Å². The van der Waals surface area contributed by atoms with Crippen LogP contribution in [0.5, 0.6) is 0 Å². The molecule has 1 aliphatic rings. The van der Waals surface area contributed by atoms with E-state index in [1.54, 1.807) is 6.07 Å². The molecule has 1 heterocycles. The molecule has 0 spiro atoms. The van der Waals surface area contributed by atoms with E-state index in [1.165, 1.54) is 12.8 Å². The third-order valence-electron chi connectivity index (χ3n) is 2.66. The number of halogens is 1. The van der Waals surface area contributed by atoms with E-state index >= 15 is 0 Å².